The molecule has 1 unspecified atom stereocenters. The third kappa shape index (κ3) is 4.17. The monoisotopic (exact) mass is 457 g/mol. The van der Waals surface area contributed by atoms with E-state index < -0.39 is 22.6 Å². The summed E-state index contributed by atoms with van der Waals surface area (Å²) in [7, 11) is 0. The van der Waals surface area contributed by atoms with Crippen LogP contribution in [0.2, 0.25) is 5.02 Å². The lowest BCUT2D eigenvalue weighted by Gasteiger charge is -2.28. The summed E-state index contributed by atoms with van der Waals surface area (Å²) < 4.78 is 14.4. The third-order valence-corrected chi connectivity index (χ3v) is 5.66. The number of nitrogens with one attached hydrogen (secondary N) is 3. The van der Waals surface area contributed by atoms with Crippen molar-refractivity contribution < 1.29 is 18.9 Å². The number of anilines is 1. The molecule has 3 N–H and O–H groups in total. The Kier molecular flexibility index (Phi) is 5.62. The summed E-state index contributed by atoms with van der Waals surface area (Å²) >= 11 is 5.91. The molecule has 2 aromatic carbocycles. The standard InChI is InChI=1S/C21H17ClFN5O4/c1-10-13(6-21(30)26-18-4-12-9-24-27-17(12)8-16(18)23)14(7-20(29)25-10)11-2-3-15(22)19(5-11)28(31)32/h2-5,8-9,14H,6-7H2,1H3,(H,24,27)(H,25,29)(H,26,30). The molecule has 9 nitrogen and oxygen atoms in total. The lowest BCUT2D eigenvalue weighted by Crippen LogP contribution is -2.32. The largest absolute Gasteiger partial charge is 0.330 e. The van der Waals surface area contributed by atoms with Crippen LogP contribution in [0.15, 0.2) is 47.8 Å². The van der Waals surface area contributed by atoms with Crippen LogP contribution >= 0.6 is 11.6 Å². The van der Waals surface area contributed by atoms with Gasteiger partial charge in [0.2, 0.25) is 11.8 Å². The maximum absolute atomic E-state index is 14.4. The molecule has 4 rings (SSSR count). The summed E-state index contributed by atoms with van der Waals surface area (Å²) in [5.41, 5.74) is 1.75. The first-order valence-electron chi connectivity index (χ1n) is 9.58. The van der Waals surface area contributed by atoms with Gasteiger partial charge in [-0.3, -0.25) is 24.8 Å². The number of fused-ring (bicyclic) bond motifs is 1. The van der Waals surface area contributed by atoms with Crippen molar-refractivity contribution in [2.45, 2.75) is 25.7 Å². The van der Waals surface area contributed by atoms with Crippen molar-refractivity contribution in [2.24, 2.45) is 0 Å². The molecule has 11 heteroatoms. The highest BCUT2D eigenvalue weighted by atomic mass is 35.5. The van der Waals surface area contributed by atoms with Crippen LogP contribution in [-0.2, 0) is 9.59 Å². The van der Waals surface area contributed by atoms with Gasteiger partial charge < -0.3 is 10.6 Å². The fourth-order valence-corrected chi connectivity index (χ4v) is 3.99. The lowest BCUT2D eigenvalue weighted by atomic mass is 9.82. The van der Waals surface area contributed by atoms with Crippen LogP contribution in [0, 0.1) is 15.9 Å². The zero-order valence-corrected chi connectivity index (χ0v) is 17.5. The molecule has 1 aliphatic rings. The highest BCUT2D eigenvalue weighted by Gasteiger charge is 2.30. The van der Waals surface area contributed by atoms with Crippen molar-refractivity contribution >= 4 is 45.7 Å². The van der Waals surface area contributed by atoms with E-state index in [9.17, 15) is 24.1 Å². The van der Waals surface area contributed by atoms with Crippen LogP contribution in [0.4, 0.5) is 15.8 Å². The van der Waals surface area contributed by atoms with Crippen molar-refractivity contribution in [3.63, 3.8) is 0 Å². The van der Waals surface area contributed by atoms with Crippen LogP contribution in [0.3, 0.4) is 0 Å². The van der Waals surface area contributed by atoms with Gasteiger partial charge in [-0.2, -0.15) is 5.10 Å². The van der Waals surface area contributed by atoms with Gasteiger partial charge in [-0.25, -0.2) is 4.39 Å². The normalized spacial score (nSPS) is 16.2. The van der Waals surface area contributed by atoms with E-state index in [-0.39, 0.29) is 35.1 Å². The van der Waals surface area contributed by atoms with Gasteiger partial charge in [-0.15, -0.1) is 0 Å². The molecule has 0 aliphatic carbocycles. The number of nitro benzene ring substituents is 1. The number of aromatic nitrogens is 2. The fourth-order valence-electron chi connectivity index (χ4n) is 3.80. The predicted octanol–water partition coefficient (Wildman–Crippen LogP) is 4.17. The smallest absolute Gasteiger partial charge is 0.288 e. The van der Waals surface area contributed by atoms with E-state index in [1.807, 2.05) is 0 Å². The molecular weight excluding hydrogens is 441 g/mol. The van der Waals surface area contributed by atoms with Crippen molar-refractivity contribution in [1.29, 1.82) is 0 Å². The maximum Gasteiger partial charge on any atom is 0.288 e. The molecule has 164 valence electrons. The molecule has 32 heavy (non-hydrogen) atoms. The van der Waals surface area contributed by atoms with Gasteiger partial charge in [0.25, 0.3) is 5.69 Å². The molecule has 0 spiro atoms. The van der Waals surface area contributed by atoms with Crippen LogP contribution in [0.5, 0.6) is 0 Å². The van der Waals surface area contributed by atoms with E-state index in [1.54, 1.807) is 13.0 Å². The zero-order chi connectivity index (χ0) is 23.0. The topological polar surface area (TPSA) is 130 Å². The average molecular weight is 458 g/mol. The highest BCUT2D eigenvalue weighted by Crippen LogP contribution is 2.38. The second-order valence-corrected chi connectivity index (χ2v) is 7.84. The van der Waals surface area contributed by atoms with Crippen LogP contribution in [-0.4, -0.2) is 26.9 Å². The van der Waals surface area contributed by atoms with Crippen LogP contribution < -0.4 is 10.6 Å². The minimum absolute atomic E-state index is 0.000629. The van der Waals surface area contributed by atoms with Gasteiger partial charge in [0.05, 0.1) is 28.7 Å². The number of hydrogen-bond donors (Lipinski definition) is 3. The predicted molar refractivity (Wildman–Crippen MR) is 116 cm³/mol. The Morgan fingerprint density at radius 3 is 2.91 bits per heavy atom. The SMILES string of the molecule is CC1=C(CC(=O)Nc2cc3cn[nH]c3cc2F)C(c2ccc(Cl)c([N+](=O)[O-])c2)CC(=O)N1. The second kappa shape index (κ2) is 8.39. The Labute approximate surface area is 185 Å². The summed E-state index contributed by atoms with van der Waals surface area (Å²) in [6, 6.07) is 7.00. The molecule has 2 amide bonds. The quantitative estimate of drug-likeness (QED) is 0.391. The summed E-state index contributed by atoms with van der Waals surface area (Å²) in [4.78, 5) is 35.6. The van der Waals surface area contributed by atoms with Crippen LogP contribution in [0.25, 0.3) is 10.9 Å². The van der Waals surface area contributed by atoms with Gasteiger partial charge in [0, 0.05) is 35.6 Å². The number of carbonyl (C=O) groups is 2. The second-order valence-electron chi connectivity index (χ2n) is 7.44. The first kappa shape index (κ1) is 21.4. The molecule has 2 heterocycles. The Hall–Kier alpha value is -3.79. The Morgan fingerprint density at radius 1 is 1.38 bits per heavy atom. The minimum Gasteiger partial charge on any atom is -0.330 e. The van der Waals surface area contributed by atoms with E-state index >= 15 is 0 Å². The van der Waals surface area contributed by atoms with E-state index in [0.29, 0.717) is 27.7 Å². The highest BCUT2D eigenvalue weighted by molar-refractivity contribution is 6.32. The third-order valence-electron chi connectivity index (χ3n) is 5.34. The Bertz CT molecular complexity index is 1300. The number of rotatable bonds is 5. The number of nitrogens with zero attached hydrogens (tertiary/aromatic N) is 2. The van der Waals surface area contributed by atoms with Gasteiger partial charge in [0.1, 0.15) is 10.8 Å². The lowest BCUT2D eigenvalue weighted by molar-refractivity contribution is -0.384. The molecular formula is C21H17ClFN5O4. The van der Waals surface area contributed by atoms with Gasteiger partial charge in [0.15, 0.2) is 0 Å². The molecule has 0 fully saturated rings. The zero-order valence-electron chi connectivity index (χ0n) is 16.7. The van der Waals surface area contributed by atoms with E-state index in [4.69, 9.17) is 11.6 Å². The van der Waals surface area contributed by atoms with Gasteiger partial charge in [-0.1, -0.05) is 17.7 Å². The molecule has 0 saturated carbocycles. The number of aromatic amines is 1. The first-order valence-corrected chi connectivity index (χ1v) is 9.96. The number of amides is 2. The maximum atomic E-state index is 14.4. The number of hydrogen-bond acceptors (Lipinski definition) is 5. The summed E-state index contributed by atoms with van der Waals surface area (Å²) in [5, 5.41) is 23.6. The summed E-state index contributed by atoms with van der Waals surface area (Å²) in [6.07, 6.45) is 1.38. The number of benzene rings is 2. The molecule has 0 radical (unpaired) electrons. The van der Waals surface area contributed by atoms with E-state index in [1.165, 1.54) is 30.5 Å². The molecule has 1 aliphatic heterocycles. The number of H-pyrrole nitrogens is 1. The van der Waals surface area contributed by atoms with Crippen molar-refractivity contribution in [3.8, 4) is 0 Å². The molecule has 0 bridgehead atoms. The summed E-state index contributed by atoms with van der Waals surface area (Å²) in [6.45, 7) is 1.65. The summed E-state index contributed by atoms with van der Waals surface area (Å²) in [5.74, 6) is -1.95. The fraction of sp³-hybridized carbons (Fsp3) is 0.190. The minimum atomic E-state index is -0.623. The number of allylic oxidation sites excluding steroid dienone is 1. The average Bonchev–Trinajstić information content (AvgIpc) is 3.17. The molecule has 0 saturated heterocycles. The number of halogens is 2. The number of carbonyl (C=O) groups excluding carboxylic acids is 2. The molecule has 1 atom stereocenters. The van der Waals surface area contributed by atoms with Crippen molar-refractivity contribution in [3.05, 3.63) is 74.3 Å². The number of nitro groups is 1. The Morgan fingerprint density at radius 2 is 2.16 bits per heavy atom. The Balaban J connectivity index is 1.62. The van der Waals surface area contributed by atoms with Crippen molar-refractivity contribution in [2.75, 3.05) is 5.32 Å². The van der Waals surface area contributed by atoms with Gasteiger partial charge in [-0.05, 0) is 30.2 Å². The van der Waals surface area contributed by atoms with Crippen molar-refractivity contribution in [1.82, 2.24) is 15.5 Å². The van der Waals surface area contributed by atoms with Gasteiger partial charge >= 0.3 is 0 Å². The van der Waals surface area contributed by atoms with E-state index in [2.05, 4.69) is 20.8 Å². The first-order chi connectivity index (χ1) is 15.2. The molecule has 1 aromatic heterocycles. The molecule has 3 aromatic rings. The van der Waals surface area contributed by atoms with E-state index in [0.717, 1.165) is 0 Å². The van der Waals surface area contributed by atoms with Crippen LogP contribution in [0.1, 0.15) is 31.2 Å².